The lowest BCUT2D eigenvalue weighted by molar-refractivity contribution is 0.235. The van der Waals surface area contributed by atoms with E-state index in [1.165, 1.54) is 0 Å². The minimum absolute atomic E-state index is 0.0139. The molecule has 3 aromatic rings. The van der Waals surface area contributed by atoms with Crippen molar-refractivity contribution in [3.63, 3.8) is 0 Å². The number of nitrogens with one attached hydrogen (secondary N) is 3. The highest BCUT2D eigenvalue weighted by Gasteiger charge is 2.46. The van der Waals surface area contributed by atoms with Crippen LogP contribution in [0.25, 0.3) is 10.9 Å². The molecule has 0 aliphatic carbocycles. The minimum atomic E-state index is -3.44. The number of H-pyrrole nitrogens is 1. The SMILES string of the molecule is COc1cnc2cc(Nc3cc(C)[nH]n3)nc(NC3C[C@H]4CC[C@@H](C3)N4S(=O)(=O)CCC#N)c2c1. The molecule has 0 amide bonds. The summed E-state index contributed by atoms with van der Waals surface area (Å²) < 4.78 is 32.7. The molecule has 5 rings (SSSR count). The maximum atomic E-state index is 12.8. The van der Waals surface area contributed by atoms with Gasteiger partial charge in [-0.25, -0.2) is 13.4 Å². The molecular formula is C23H28N8O3S. The monoisotopic (exact) mass is 496 g/mol. The molecular weight excluding hydrogens is 468 g/mol. The van der Waals surface area contributed by atoms with Crippen molar-refractivity contribution in [2.24, 2.45) is 0 Å². The van der Waals surface area contributed by atoms with E-state index in [1.54, 1.807) is 17.6 Å². The van der Waals surface area contributed by atoms with Gasteiger partial charge in [0.2, 0.25) is 10.0 Å². The van der Waals surface area contributed by atoms with Crippen molar-refractivity contribution in [1.29, 1.82) is 5.26 Å². The predicted octanol–water partition coefficient (Wildman–Crippen LogP) is 3.06. The Labute approximate surface area is 204 Å². The second-order valence-corrected chi connectivity index (χ2v) is 11.1. The van der Waals surface area contributed by atoms with Gasteiger partial charge >= 0.3 is 0 Å². The maximum Gasteiger partial charge on any atom is 0.215 e. The van der Waals surface area contributed by atoms with Gasteiger partial charge in [-0.3, -0.25) is 10.1 Å². The van der Waals surface area contributed by atoms with Crippen LogP contribution in [0.4, 0.5) is 17.5 Å². The summed E-state index contributed by atoms with van der Waals surface area (Å²) in [6, 6.07) is 7.52. The molecule has 0 aromatic carbocycles. The van der Waals surface area contributed by atoms with Gasteiger partial charge in [0.1, 0.15) is 17.4 Å². The standard InChI is InChI=1S/C23H28N8O3S/c1-14-8-22(30-29-14)27-21-12-20-19(11-18(34-2)13-25-20)23(28-21)26-15-9-16-4-5-17(10-15)31(16)35(32,33)7-3-6-24/h8,11-13,15-17H,3-5,7,9-10H2,1-2H3,(H3,26,27,28,29,30)/t15?,16-,17+. The molecule has 0 saturated carbocycles. The number of nitrogens with zero attached hydrogens (tertiary/aromatic N) is 5. The average Bonchev–Trinajstić information content (AvgIpc) is 3.37. The van der Waals surface area contributed by atoms with Gasteiger partial charge in [-0.1, -0.05) is 0 Å². The van der Waals surface area contributed by atoms with Crippen LogP contribution in [-0.4, -0.2) is 63.9 Å². The van der Waals surface area contributed by atoms with Crippen LogP contribution in [0.1, 0.15) is 37.8 Å². The van der Waals surface area contributed by atoms with Crippen molar-refractivity contribution >= 4 is 38.4 Å². The highest BCUT2D eigenvalue weighted by Crippen LogP contribution is 2.40. The first-order valence-corrected chi connectivity index (χ1v) is 13.3. The number of hydrogen-bond donors (Lipinski definition) is 3. The Kier molecular flexibility index (Phi) is 6.21. The number of nitriles is 1. The Morgan fingerprint density at radius 3 is 2.66 bits per heavy atom. The second kappa shape index (κ2) is 9.31. The van der Waals surface area contributed by atoms with E-state index in [0.29, 0.717) is 36.0 Å². The molecule has 2 aliphatic rings. The Morgan fingerprint density at radius 2 is 2.00 bits per heavy atom. The van der Waals surface area contributed by atoms with E-state index < -0.39 is 10.0 Å². The third-order valence-corrected chi connectivity index (χ3v) is 8.61. The number of fused-ring (bicyclic) bond motifs is 3. The van der Waals surface area contributed by atoms with Crippen molar-refractivity contribution < 1.29 is 13.2 Å². The average molecular weight is 497 g/mol. The predicted molar refractivity (Wildman–Crippen MR) is 132 cm³/mol. The molecule has 2 bridgehead atoms. The zero-order chi connectivity index (χ0) is 24.6. The van der Waals surface area contributed by atoms with E-state index in [4.69, 9.17) is 15.0 Å². The molecule has 2 fully saturated rings. The van der Waals surface area contributed by atoms with E-state index in [9.17, 15) is 8.42 Å². The van der Waals surface area contributed by atoms with Crippen molar-refractivity contribution in [2.45, 2.75) is 57.2 Å². The molecule has 5 heterocycles. The topological polar surface area (TPSA) is 149 Å². The number of rotatable bonds is 8. The van der Waals surface area contributed by atoms with Crippen LogP contribution in [0, 0.1) is 18.3 Å². The number of aromatic nitrogens is 4. The first kappa shape index (κ1) is 23.3. The Bertz CT molecular complexity index is 1370. The van der Waals surface area contributed by atoms with Gasteiger partial charge in [-0.05, 0) is 38.7 Å². The Morgan fingerprint density at radius 1 is 1.23 bits per heavy atom. The Balaban J connectivity index is 1.42. The van der Waals surface area contributed by atoms with Gasteiger partial charge < -0.3 is 15.4 Å². The van der Waals surface area contributed by atoms with Gasteiger partial charge in [-0.15, -0.1) is 0 Å². The van der Waals surface area contributed by atoms with Crippen molar-refractivity contribution in [3.8, 4) is 11.8 Å². The number of ether oxygens (including phenoxy) is 1. The van der Waals surface area contributed by atoms with E-state index in [1.807, 2.05) is 31.2 Å². The van der Waals surface area contributed by atoms with Gasteiger partial charge in [-0.2, -0.15) is 14.7 Å². The van der Waals surface area contributed by atoms with Crippen molar-refractivity contribution in [3.05, 3.63) is 30.1 Å². The fourth-order valence-corrected chi connectivity index (χ4v) is 7.03. The number of aromatic amines is 1. The van der Waals surface area contributed by atoms with Crippen LogP contribution in [0.5, 0.6) is 5.75 Å². The second-order valence-electron chi connectivity index (χ2n) is 9.11. The largest absolute Gasteiger partial charge is 0.495 e. The van der Waals surface area contributed by atoms with E-state index >= 15 is 0 Å². The maximum absolute atomic E-state index is 12.8. The lowest BCUT2D eigenvalue weighted by Crippen LogP contribution is -2.50. The molecule has 184 valence electrons. The molecule has 12 heteroatoms. The highest BCUT2D eigenvalue weighted by atomic mass is 32.2. The number of piperidine rings is 1. The fourth-order valence-electron chi connectivity index (χ4n) is 5.18. The molecule has 0 spiro atoms. The quantitative estimate of drug-likeness (QED) is 0.428. The summed E-state index contributed by atoms with van der Waals surface area (Å²) in [5.41, 5.74) is 1.68. The third-order valence-electron chi connectivity index (χ3n) is 6.65. The fraction of sp³-hybridized carbons (Fsp3) is 0.478. The summed E-state index contributed by atoms with van der Waals surface area (Å²) in [5.74, 6) is 2.43. The smallest absolute Gasteiger partial charge is 0.215 e. The van der Waals surface area contributed by atoms with Gasteiger partial charge in [0.15, 0.2) is 5.82 Å². The number of aryl methyl sites for hydroxylation is 1. The molecule has 3 atom stereocenters. The number of methoxy groups -OCH3 is 1. The van der Waals surface area contributed by atoms with Crippen LogP contribution < -0.4 is 15.4 Å². The van der Waals surface area contributed by atoms with Crippen molar-refractivity contribution in [1.82, 2.24) is 24.5 Å². The lowest BCUT2D eigenvalue weighted by atomic mass is 9.99. The number of sulfonamides is 1. The Hall–Kier alpha value is -3.43. The molecule has 3 aromatic heterocycles. The first-order valence-electron chi connectivity index (χ1n) is 11.6. The summed E-state index contributed by atoms with van der Waals surface area (Å²) >= 11 is 0. The van der Waals surface area contributed by atoms with Gasteiger partial charge in [0.05, 0.1) is 37.1 Å². The minimum Gasteiger partial charge on any atom is -0.495 e. The molecule has 3 N–H and O–H groups in total. The number of pyridine rings is 2. The summed E-state index contributed by atoms with van der Waals surface area (Å²) in [7, 11) is -1.84. The molecule has 1 unspecified atom stereocenters. The van der Waals surface area contributed by atoms with Gasteiger partial charge in [0, 0.05) is 41.3 Å². The van der Waals surface area contributed by atoms with Crippen LogP contribution in [-0.2, 0) is 10.0 Å². The summed E-state index contributed by atoms with van der Waals surface area (Å²) in [6.45, 7) is 1.92. The number of anilines is 3. The third kappa shape index (κ3) is 4.74. The number of hydrogen-bond acceptors (Lipinski definition) is 9. The van der Waals surface area contributed by atoms with E-state index in [-0.39, 0.29) is 30.3 Å². The highest BCUT2D eigenvalue weighted by molar-refractivity contribution is 7.89. The van der Waals surface area contributed by atoms with Crippen LogP contribution in [0.2, 0.25) is 0 Å². The van der Waals surface area contributed by atoms with Crippen LogP contribution >= 0.6 is 0 Å². The van der Waals surface area contributed by atoms with Crippen molar-refractivity contribution in [2.75, 3.05) is 23.5 Å². The van der Waals surface area contributed by atoms with E-state index in [0.717, 1.165) is 29.4 Å². The summed E-state index contributed by atoms with van der Waals surface area (Å²) in [4.78, 5) is 9.36. The van der Waals surface area contributed by atoms with Gasteiger partial charge in [0.25, 0.3) is 0 Å². The molecule has 2 aliphatic heterocycles. The van der Waals surface area contributed by atoms with Crippen LogP contribution in [0.15, 0.2) is 24.4 Å². The molecule has 2 saturated heterocycles. The van der Waals surface area contributed by atoms with E-state index in [2.05, 4.69) is 25.8 Å². The zero-order valence-electron chi connectivity index (χ0n) is 19.7. The molecule has 35 heavy (non-hydrogen) atoms. The summed E-state index contributed by atoms with van der Waals surface area (Å²) in [5, 5.41) is 23.6. The molecule has 0 radical (unpaired) electrons. The lowest BCUT2D eigenvalue weighted by Gasteiger charge is -2.38. The normalized spacial score (nSPS) is 22.1. The molecule has 11 nitrogen and oxygen atoms in total. The summed E-state index contributed by atoms with van der Waals surface area (Å²) in [6.07, 6.45) is 4.70. The van der Waals surface area contributed by atoms with Crippen LogP contribution in [0.3, 0.4) is 0 Å². The first-order chi connectivity index (χ1) is 16.9. The zero-order valence-corrected chi connectivity index (χ0v) is 20.5.